The van der Waals surface area contributed by atoms with Gasteiger partial charge in [0.1, 0.15) is 11.6 Å². The second kappa shape index (κ2) is 4.14. The normalized spacial score (nSPS) is 20.6. The van der Waals surface area contributed by atoms with E-state index in [0.29, 0.717) is 30.1 Å². The number of nitrogens with one attached hydrogen (secondary N) is 1. The SMILES string of the molecule is C/C(=N\c1n[nH]cc1C#N)C1CCOC1=O. The van der Waals surface area contributed by atoms with Gasteiger partial charge < -0.3 is 4.74 Å². The summed E-state index contributed by atoms with van der Waals surface area (Å²) in [7, 11) is 0. The molecule has 0 spiro atoms. The summed E-state index contributed by atoms with van der Waals surface area (Å²) in [6, 6.07) is 1.97. The molecule has 1 aliphatic heterocycles. The summed E-state index contributed by atoms with van der Waals surface area (Å²) < 4.78 is 4.85. The number of H-pyrrole nitrogens is 1. The van der Waals surface area contributed by atoms with Gasteiger partial charge in [-0.1, -0.05) is 0 Å². The fraction of sp³-hybridized carbons (Fsp3) is 0.400. The number of carbonyl (C=O) groups is 1. The summed E-state index contributed by atoms with van der Waals surface area (Å²) in [5, 5.41) is 15.2. The Bertz CT molecular complexity index is 483. The van der Waals surface area contributed by atoms with E-state index in [4.69, 9.17) is 10.00 Å². The highest BCUT2D eigenvalue weighted by Gasteiger charge is 2.29. The number of esters is 1. The van der Waals surface area contributed by atoms with E-state index in [9.17, 15) is 4.79 Å². The van der Waals surface area contributed by atoms with Crippen LogP contribution >= 0.6 is 0 Å². The quantitative estimate of drug-likeness (QED) is 0.590. The number of aliphatic imine (C=N–C) groups is 1. The molecule has 2 heterocycles. The lowest BCUT2D eigenvalue weighted by molar-refractivity contribution is -0.139. The van der Waals surface area contributed by atoms with Crippen molar-refractivity contribution in [3.05, 3.63) is 11.8 Å². The lowest BCUT2D eigenvalue weighted by Gasteiger charge is -2.03. The molecule has 1 unspecified atom stereocenters. The minimum absolute atomic E-state index is 0.254. The first kappa shape index (κ1) is 10.4. The van der Waals surface area contributed by atoms with E-state index in [-0.39, 0.29) is 11.9 Å². The molecule has 82 valence electrons. The molecule has 6 nitrogen and oxygen atoms in total. The molecule has 0 radical (unpaired) electrons. The Labute approximate surface area is 91.9 Å². The topological polar surface area (TPSA) is 91.1 Å². The second-order valence-corrected chi connectivity index (χ2v) is 3.50. The molecule has 6 heteroatoms. The molecule has 16 heavy (non-hydrogen) atoms. The van der Waals surface area contributed by atoms with Crippen LogP contribution in [0.4, 0.5) is 5.82 Å². The fourth-order valence-electron chi connectivity index (χ4n) is 1.57. The van der Waals surface area contributed by atoms with E-state index < -0.39 is 0 Å². The van der Waals surface area contributed by atoms with Gasteiger partial charge in [-0.2, -0.15) is 10.4 Å². The van der Waals surface area contributed by atoms with Gasteiger partial charge in [-0.15, -0.1) is 0 Å². The number of nitrogens with zero attached hydrogens (tertiary/aromatic N) is 3. The first-order valence-electron chi connectivity index (χ1n) is 4.88. The van der Waals surface area contributed by atoms with Crippen LogP contribution in [0.15, 0.2) is 11.2 Å². The zero-order valence-electron chi connectivity index (χ0n) is 8.73. The molecule has 1 N–H and O–H groups in total. The van der Waals surface area contributed by atoms with Crippen molar-refractivity contribution < 1.29 is 9.53 Å². The number of aromatic nitrogens is 2. The summed E-state index contributed by atoms with van der Waals surface area (Å²) in [6.07, 6.45) is 2.11. The van der Waals surface area contributed by atoms with E-state index in [1.54, 1.807) is 6.92 Å². The molecule has 1 saturated heterocycles. The predicted octanol–water partition coefficient (Wildman–Crippen LogP) is 0.937. The zero-order chi connectivity index (χ0) is 11.5. The highest BCUT2D eigenvalue weighted by atomic mass is 16.5. The van der Waals surface area contributed by atoms with Gasteiger partial charge in [-0.3, -0.25) is 9.89 Å². The lowest BCUT2D eigenvalue weighted by atomic mass is 10.0. The van der Waals surface area contributed by atoms with Crippen molar-refractivity contribution in [1.82, 2.24) is 10.2 Å². The van der Waals surface area contributed by atoms with Crippen molar-refractivity contribution in [3.63, 3.8) is 0 Å². The van der Waals surface area contributed by atoms with E-state index in [1.807, 2.05) is 6.07 Å². The Kier molecular flexibility index (Phi) is 2.68. The molecule has 0 saturated carbocycles. The van der Waals surface area contributed by atoms with Crippen LogP contribution in [0.25, 0.3) is 0 Å². The van der Waals surface area contributed by atoms with E-state index in [0.717, 1.165) is 0 Å². The average Bonchev–Trinajstić information content (AvgIpc) is 2.86. The Morgan fingerprint density at radius 2 is 2.62 bits per heavy atom. The summed E-state index contributed by atoms with van der Waals surface area (Å²) in [5.41, 5.74) is 0.997. The minimum Gasteiger partial charge on any atom is -0.465 e. The fourth-order valence-corrected chi connectivity index (χ4v) is 1.57. The van der Waals surface area contributed by atoms with Crippen molar-refractivity contribution in [2.45, 2.75) is 13.3 Å². The molecule has 2 rings (SSSR count). The Balaban J connectivity index is 2.24. The Hall–Kier alpha value is -2.16. The molecule has 0 amide bonds. The molecular weight excluding hydrogens is 208 g/mol. The number of ether oxygens (including phenoxy) is 1. The monoisotopic (exact) mass is 218 g/mol. The largest absolute Gasteiger partial charge is 0.465 e. The molecule has 1 aromatic heterocycles. The van der Waals surface area contributed by atoms with Gasteiger partial charge in [0.25, 0.3) is 0 Å². The van der Waals surface area contributed by atoms with Gasteiger partial charge in [0.05, 0.1) is 12.5 Å². The maximum absolute atomic E-state index is 11.3. The highest BCUT2D eigenvalue weighted by Crippen LogP contribution is 2.20. The van der Waals surface area contributed by atoms with Crippen LogP contribution in [0.2, 0.25) is 0 Å². The van der Waals surface area contributed by atoms with E-state index >= 15 is 0 Å². The number of hydrogen-bond acceptors (Lipinski definition) is 5. The number of rotatable bonds is 2. The summed E-state index contributed by atoms with van der Waals surface area (Å²) >= 11 is 0. The van der Waals surface area contributed by atoms with Crippen LogP contribution in [0.3, 0.4) is 0 Å². The lowest BCUT2D eigenvalue weighted by Crippen LogP contribution is -2.16. The van der Waals surface area contributed by atoms with Crippen molar-refractivity contribution >= 4 is 17.5 Å². The van der Waals surface area contributed by atoms with Crippen LogP contribution in [0.1, 0.15) is 18.9 Å². The van der Waals surface area contributed by atoms with Crippen LogP contribution < -0.4 is 0 Å². The van der Waals surface area contributed by atoms with Gasteiger partial charge in [0.2, 0.25) is 0 Å². The molecule has 0 aliphatic carbocycles. The standard InChI is InChI=1S/C10H10N4O2/c1-6(8-2-3-16-10(8)15)13-9-7(4-11)5-12-14-9/h5,8H,2-3H2,1H3,(H,12,14)/b13-6+. The minimum atomic E-state index is -0.303. The number of aromatic amines is 1. The molecule has 0 bridgehead atoms. The van der Waals surface area contributed by atoms with Crippen molar-refractivity contribution in [2.75, 3.05) is 6.61 Å². The molecule has 1 atom stereocenters. The zero-order valence-corrected chi connectivity index (χ0v) is 8.73. The van der Waals surface area contributed by atoms with Crippen LogP contribution in [0.5, 0.6) is 0 Å². The molecule has 1 fully saturated rings. The van der Waals surface area contributed by atoms with Crippen LogP contribution in [-0.4, -0.2) is 28.5 Å². The smallest absolute Gasteiger partial charge is 0.314 e. The van der Waals surface area contributed by atoms with Gasteiger partial charge in [0.15, 0.2) is 5.82 Å². The summed E-state index contributed by atoms with van der Waals surface area (Å²) in [6.45, 7) is 2.18. The van der Waals surface area contributed by atoms with Gasteiger partial charge in [-0.25, -0.2) is 4.99 Å². The van der Waals surface area contributed by atoms with Crippen LogP contribution in [-0.2, 0) is 9.53 Å². The van der Waals surface area contributed by atoms with E-state index in [2.05, 4.69) is 15.2 Å². The summed E-state index contributed by atoms with van der Waals surface area (Å²) in [5.74, 6) is -0.238. The van der Waals surface area contributed by atoms with Crippen molar-refractivity contribution in [3.8, 4) is 6.07 Å². The summed E-state index contributed by atoms with van der Waals surface area (Å²) in [4.78, 5) is 15.5. The molecule has 1 aromatic rings. The number of cyclic esters (lactones) is 1. The second-order valence-electron chi connectivity index (χ2n) is 3.50. The van der Waals surface area contributed by atoms with Gasteiger partial charge >= 0.3 is 5.97 Å². The maximum Gasteiger partial charge on any atom is 0.314 e. The average molecular weight is 218 g/mol. The Morgan fingerprint density at radius 1 is 1.81 bits per heavy atom. The van der Waals surface area contributed by atoms with Crippen LogP contribution in [0, 0.1) is 17.2 Å². The molecule has 0 aromatic carbocycles. The Morgan fingerprint density at radius 3 is 3.25 bits per heavy atom. The first-order valence-corrected chi connectivity index (χ1v) is 4.88. The number of hydrogen-bond donors (Lipinski definition) is 1. The highest BCUT2D eigenvalue weighted by molar-refractivity contribution is 6.02. The molecular formula is C10H10N4O2. The predicted molar refractivity (Wildman–Crippen MR) is 55.1 cm³/mol. The van der Waals surface area contributed by atoms with Crippen molar-refractivity contribution in [1.29, 1.82) is 5.26 Å². The van der Waals surface area contributed by atoms with Crippen molar-refractivity contribution in [2.24, 2.45) is 10.9 Å². The number of nitriles is 1. The third-order valence-electron chi connectivity index (χ3n) is 2.46. The van der Waals surface area contributed by atoms with Gasteiger partial charge in [0, 0.05) is 18.3 Å². The maximum atomic E-state index is 11.3. The third kappa shape index (κ3) is 1.80. The van der Waals surface area contributed by atoms with Gasteiger partial charge in [-0.05, 0) is 6.92 Å². The third-order valence-corrected chi connectivity index (χ3v) is 2.46. The van der Waals surface area contributed by atoms with E-state index in [1.165, 1.54) is 6.20 Å². The molecule has 1 aliphatic rings. The first-order chi connectivity index (χ1) is 7.72. The number of carbonyl (C=O) groups excluding carboxylic acids is 1.